The highest BCUT2D eigenvalue weighted by Crippen LogP contribution is 2.46. The van der Waals surface area contributed by atoms with Crippen LogP contribution in [-0.4, -0.2) is 43.2 Å². The van der Waals surface area contributed by atoms with E-state index in [9.17, 15) is 13.9 Å². The molecule has 34 heavy (non-hydrogen) atoms. The molecule has 0 saturated heterocycles. The Balaban J connectivity index is 1.73. The average molecular weight is 485 g/mol. The van der Waals surface area contributed by atoms with E-state index in [2.05, 4.69) is 31.2 Å². The number of nitrogens with two attached hydrogens (primary N) is 1. The number of benzene rings is 1. The lowest BCUT2D eigenvalue weighted by atomic mass is 9.83. The SMILES string of the molecule is C#CCOc1cnc2c(Nc3cc(F)c(F)c([C@]4(C)C[C@](C)(CO)SC(N)=N4)c3)nccc2n1. The molecule has 3 aromatic rings. The van der Waals surface area contributed by atoms with Gasteiger partial charge < -0.3 is 20.9 Å². The lowest BCUT2D eigenvalue weighted by Crippen LogP contribution is -2.42. The number of nitrogens with one attached hydrogen (secondary N) is 1. The van der Waals surface area contributed by atoms with Crippen LogP contribution in [0.2, 0.25) is 0 Å². The number of aliphatic hydroxyl groups excluding tert-OH is 1. The second-order valence-corrected chi connectivity index (χ2v) is 9.89. The maximum atomic E-state index is 15.0. The van der Waals surface area contributed by atoms with Gasteiger partial charge in [0.1, 0.15) is 5.52 Å². The topological polar surface area (TPSA) is 119 Å². The van der Waals surface area contributed by atoms with Gasteiger partial charge in [-0.25, -0.2) is 23.7 Å². The van der Waals surface area contributed by atoms with Gasteiger partial charge in [-0.3, -0.25) is 4.99 Å². The number of amidine groups is 1. The molecule has 0 saturated carbocycles. The Morgan fingerprint density at radius 1 is 1.32 bits per heavy atom. The standard InChI is InChI=1S/C23H22F2N6O2S/c1-4-7-33-17-10-28-19-16(30-17)5-6-27-20(19)29-13-8-14(18(25)15(24)9-13)23(3)11-22(2,12-32)34-21(26)31-23/h1,5-6,8-10,32H,7,11-12H2,2-3H3,(H2,26,31)(H,27,29)/t22-,23+/m1/s1. The molecule has 0 unspecified atom stereocenters. The molecule has 176 valence electrons. The van der Waals surface area contributed by atoms with Crippen molar-refractivity contribution in [3.63, 3.8) is 0 Å². The van der Waals surface area contributed by atoms with E-state index in [1.54, 1.807) is 19.9 Å². The highest BCUT2D eigenvalue weighted by Gasteiger charge is 2.43. The maximum Gasteiger partial charge on any atom is 0.233 e. The minimum absolute atomic E-state index is 0.00853. The quantitative estimate of drug-likeness (QED) is 0.455. The van der Waals surface area contributed by atoms with Gasteiger partial charge in [-0.2, -0.15) is 0 Å². The summed E-state index contributed by atoms with van der Waals surface area (Å²) >= 11 is 1.21. The second kappa shape index (κ2) is 9.04. The minimum Gasteiger partial charge on any atom is -0.463 e. The van der Waals surface area contributed by atoms with Crippen molar-refractivity contribution in [1.29, 1.82) is 0 Å². The molecule has 4 N–H and O–H groups in total. The third-order valence-electron chi connectivity index (χ3n) is 5.37. The molecule has 3 heterocycles. The summed E-state index contributed by atoms with van der Waals surface area (Å²) in [5, 5.41) is 13.0. The fourth-order valence-corrected chi connectivity index (χ4v) is 5.13. The van der Waals surface area contributed by atoms with Crippen molar-refractivity contribution in [2.75, 3.05) is 18.5 Å². The first kappa shape index (κ1) is 23.7. The fourth-order valence-electron chi connectivity index (χ4n) is 3.96. The Kier molecular flexibility index (Phi) is 6.29. The molecule has 4 rings (SSSR count). The molecule has 1 aliphatic heterocycles. The van der Waals surface area contributed by atoms with E-state index < -0.39 is 21.9 Å². The Hall–Kier alpha value is -3.49. The van der Waals surface area contributed by atoms with Crippen molar-refractivity contribution in [2.24, 2.45) is 10.7 Å². The van der Waals surface area contributed by atoms with Gasteiger partial charge in [-0.1, -0.05) is 17.7 Å². The van der Waals surface area contributed by atoms with E-state index >= 15 is 0 Å². The van der Waals surface area contributed by atoms with Gasteiger partial charge in [0.25, 0.3) is 0 Å². The summed E-state index contributed by atoms with van der Waals surface area (Å²) in [4.78, 5) is 17.3. The molecule has 0 bridgehead atoms. The molecule has 0 aliphatic carbocycles. The number of fused-ring (bicyclic) bond motifs is 1. The molecule has 8 nitrogen and oxygen atoms in total. The van der Waals surface area contributed by atoms with Crippen molar-refractivity contribution >= 4 is 39.5 Å². The van der Waals surface area contributed by atoms with Gasteiger partial charge in [0.15, 0.2) is 29.2 Å². The number of ether oxygens (including phenoxy) is 1. The number of rotatable bonds is 6. The number of nitrogens with zero attached hydrogens (tertiary/aromatic N) is 4. The average Bonchev–Trinajstić information content (AvgIpc) is 2.79. The molecule has 0 amide bonds. The van der Waals surface area contributed by atoms with E-state index in [0.29, 0.717) is 11.0 Å². The van der Waals surface area contributed by atoms with Gasteiger partial charge in [0.2, 0.25) is 5.88 Å². The van der Waals surface area contributed by atoms with Crippen LogP contribution >= 0.6 is 11.8 Å². The highest BCUT2D eigenvalue weighted by atomic mass is 32.2. The van der Waals surface area contributed by atoms with Gasteiger partial charge >= 0.3 is 0 Å². The Morgan fingerprint density at radius 3 is 2.85 bits per heavy atom. The Morgan fingerprint density at radius 2 is 2.12 bits per heavy atom. The fraction of sp³-hybridized carbons (Fsp3) is 0.304. The van der Waals surface area contributed by atoms with Crippen LogP contribution in [0.3, 0.4) is 0 Å². The summed E-state index contributed by atoms with van der Waals surface area (Å²) in [7, 11) is 0. The molecule has 11 heteroatoms. The largest absolute Gasteiger partial charge is 0.463 e. The molecule has 2 aromatic heterocycles. The number of aromatic nitrogens is 3. The van der Waals surface area contributed by atoms with Gasteiger partial charge in [-0.15, -0.1) is 6.42 Å². The van der Waals surface area contributed by atoms with Gasteiger partial charge in [0, 0.05) is 28.3 Å². The number of halogens is 2. The normalized spacial score (nSPS) is 22.2. The number of anilines is 2. The zero-order valence-electron chi connectivity index (χ0n) is 18.5. The minimum atomic E-state index is -1.19. The maximum absolute atomic E-state index is 15.0. The van der Waals surface area contributed by atoms with Crippen molar-refractivity contribution in [3.05, 3.63) is 47.8 Å². The van der Waals surface area contributed by atoms with Crippen LogP contribution < -0.4 is 15.8 Å². The number of terminal acetylenes is 1. The first-order valence-electron chi connectivity index (χ1n) is 10.3. The van der Waals surface area contributed by atoms with E-state index in [0.717, 1.165) is 6.07 Å². The number of thioether (sulfide) groups is 1. The Labute approximate surface area is 199 Å². The summed E-state index contributed by atoms with van der Waals surface area (Å²) in [5.41, 5.74) is 5.91. The van der Waals surface area contributed by atoms with Crippen LogP contribution in [0.15, 0.2) is 35.6 Å². The van der Waals surface area contributed by atoms with Crippen LogP contribution in [0.4, 0.5) is 20.3 Å². The van der Waals surface area contributed by atoms with Crippen molar-refractivity contribution < 1.29 is 18.6 Å². The second-order valence-electron chi connectivity index (χ2n) is 8.28. The van der Waals surface area contributed by atoms with E-state index in [-0.39, 0.29) is 47.8 Å². The van der Waals surface area contributed by atoms with Crippen LogP contribution in [0.5, 0.6) is 5.88 Å². The number of aliphatic imine (C=N–C) groups is 1. The molecule has 1 aliphatic rings. The van der Waals surface area contributed by atoms with Crippen molar-refractivity contribution in [3.8, 4) is 18.2 Å². The monoisotopic (exact) mass is 484 g/mol. The molecular weight excluding hydrogens is 462 g/mol. The molecule has 0 fully saturated rings. The van der Waals surface area contributed by atoms with Gasteiger partial charge in [0.05, 0.1) is 23.9 Å². The molecular formula is C23H22F2N6O2S. The van der Waals surface area contributed by atoms with Crippen LogP contribution in [-0.2, 0) is 5.54 Å². The van der Waals surface area contributed by atoms with Crippen molar-refractivity contribution in [1.82, 2.24) is 15.0 Å². The molecule has 2 atom stereocenters. The van der Waals surface area contributed by atoms with E-state index in [4.69, 9.17) is 16.9 Å². The Bertz CT molecular complexity index is 1330. The number of aliphatic hydroxyl groups is 1. The van der Waals surface area contributed by atoms with Crippen LogP contribution in [0, 0.1) is 24.0 Å². The smallest absolute Gasteiger partial charge is 0.233 e. The zero-order chi connectivity index (χ0) is 24.5. The third kappa shape index (κ3) is 4.60. The molecule has 0 spiro atoms. The van der Waals surface area contributed by atoms with Crippen LogP contribution in [0.25, 0.3) is 11.0 Å². The lowest BCUT2D eigenvalue weighted by molar-refractivity contribution is 0.224. The summed E-state index contributed by atoms with van der Waals surface area (Å²) in [5.74, 6) is 0.805. The first-order chi connectivity index (χ1) is 16.2. The summed E-state index contributed by atoms with van der Waals surface area (Å²) in [6.45, 7) is 3.31. The predicted octanol–water partition coefficient (Wildman–Crippen LogP) is 3.48. The highest BCUT2D eigenvalue weighted by molar-refractivity contribution is 8.15. The summed E-state index contributed by atoms with van der Waals surface area (Å²) in [6, 6.07) is 4.12. The number of hydrogen-bond donors (Lipinski definition) is 3. The molecule has 1 aromatic carbocycles. The number of pyridine rings is 1. The lowest BCUT2D eigenvalue weighted by Gasteiger charge is -2.40. The molecule has 0 radical (unpaired) electrons. The number of hydrogen-bond acceptors (Lipinski definition) is 9. The van der Waals surface area contributed by atoms with Crippen molar-refractivity contribution in [2.45, 2.75) is 30.6 Å². The van der Waals surface area contributed by atoms with E-state index in [1.807, 2.05) is 0 Å². The first-order valence-corrected chi connectivity index (χ1v) is 11.1. The summed E-state index contributed by atoms with van der Waals surface area (Å²) in [6.07, 6.45) is 8.35. The predicted molar refractivity (Wildman–Crippen MR) is 128 cm³/mol. The van der Waals surface area contributed by atoms with Crippen LogP contribution in [0.1, 0.15) is 25.8 Å². The summed E-state index contributed by atoms with van der Waals surface area (Å²) < 4.78 is 34.3. The van der Waals surface area contributed by atoms with Gasteiger partial charge in [-0.05, 0) is 32.4 Å². The zero-order valence-corrected chi connectivity index (χ0v) is 19.3. The van der Waals surface area contributed by atoms with E-state index in [1.165, 1.54) is 30.2 Å². The third-order valence-corrected chi connectivity index (χ3v) is 6.44.